The molecule has 1 atom stereocenters. The van der Waals surface area contributed by atoms with E-state index in [4.69, 9.17) is 0 Å². The molecule has 4 rings (SSSR count). The highest BCUT2D eigenvalue weighted by Gasteiger charge is 2.62. The number of anilines is 1. The molecule has 0 spiro atoms. The minimum absolute atomic E-state index is 0.195. The zero-order chi connectivity index (χ0) is 22.9. The molecule has 166 valence electrons. The van der Waals surface area contributed by atoms with Gasteiger partial charge in [0.05, 0.1) is 6.04 Å². The average molecular weight is 463 g/mol. The first-order valence-electron chi connectivity index (χ1n) is 9.68. The van der Waals surface area contributed by atoms with Crippen LogP contribution in [0.3, 0.4) is 0 Å². The molecule has 1 aliphatic rings. The van der Waals surface area contributed by atoms with Crippen molar-refractivity contribution in [2.24, 2.45) is 5.10 Å². The molecule has 9 heteroatoms. The number of rotatable bonds is 5. The normalized spacial score (nSPS) is 16.9. The van der Waals surface area contributed by atoms with Crippen LogP contribution in [0.4, 0.5) is 27.8 Å². The van der Waals surface area contributed by atoms with E-state index < -0.39 is 30.3 Å². The zero-order valence-corrected chi connectivity index (χ0v) is 17.7. The topological polar surface area (TPSA) is 28.5 Å². The third-order valence-electron chi connectivity index (χ3n) is 5.21. The van der Waals surface area contributed by atoms with Crippen molar-refractivity contribution in [1.29, 1.82) is 0 Å². The summed E-state index contributed by atoms with van der Waals surface area (Å²) in [5.41, 5.74) is 1.08. The molecule has 32 heavy (non-hydrogen) atoms. The Morgan fingerprint density at radius 2 is 1.66 bits per heavy atom. The zero-order valence-electron chi connectivity index (χ0n) is 16.9. The molecule has 2 heterocycles. The van der Waals surface area contributed by atoms with E-state index in [0.717, 1.165) is 21.0 Å². The molecule has 3 nitrogen and oxygen atoms in total. The lowest BCUT2D eigenvalue weighted by Gasteiger charge is -2.23. The van der Waals surface area contributed by atoms with E-state index in [2.05, 4.69) is 10.1 Å². The Hall–Kier alpha value is -2.94. The van der Waals surface area contributed by atoms with Crippen LogP contribution < -0.4 is 5.01 Å². The van der Waals surface area contributed by atoms with Crippen LogP contribution in [0, 0.1) is 0 Å². The van der Waals surface area contributed by atoms with Gasteiger partial charge < -0.3 is 0 Å². The number of hydrogen-bond acceptors (Lipinski definition) is 4. The minimum Gasteiger partial charge on any atom is -0.240 e. The quantitative estimate of drug-likeness (QED) is 0.302. The van der Waals surface area contributed by atoms with Crippen LogP contribution in [-0.4, -0.2) is 29.1 Å². The van der Waals surface area contributed by atoms with Gasteiger partial charge >= 0.3 is 12.1 Å². The molecule has 3 aromatic rings. The summed E-state index contributed by atoms with van der Waals surface area (Å²) in [5, 5.41) is 4.84. The van der Waals surface area contributed by atoms with Gasteiger partial charge in [0, 0.05) is 17.5 Å². The summed E-state index contributed by atoms with van der Waals surface area (Å²) in [7, 11) is 0. The molecular formula is C23H18F5N3S. The summed E-state index contributed by atoms with van der Waals surface area (Å²) < 4.78 is 67.3. The second kappa shape index (κ2) is 8.54. The number of pyridine rings is 1. The Balaban J connectivity index is 1.73. The van der Waals surface area contributed by atoms with Gasteiger partial charge in [-0.2, -0.15) is 27.1 Å². The van der Waals surface area contributed by atoms with Gasteiger partial charge in [-0.3, -0.25) is 0 Å². The molecule has 1 aliphatic heterocycles. The Morgan fingerprint density at radius 3 is 2.28 bits per heavy atom. The Kier molecular flexibility index (Phi) is 5.94. The van der Waals surface area contributed by atoms with Gasteiger partial charge in [-0.15, -0.1) is 11.8 Å². The molecular weight excluding hydrogens is 445 g/mol. The van der Waals surface area contributed by atoms with Crippen molar-refractivity contribution in [3.63, 3.8) is 0 Å². The number of halogens is 5. The van der Waals surface area contributed by atoms with Gasteiger partial charge in [-0.25, -0.2) is 9.99 Å². The van der Waals surface area contributed by atoms with Gasteiger partial charge in [0.1, 0.15) is 11.5 Å². The first-order valence-corrected chi connectivity index (χ1v) is 10.9. The lowest BCUT2D eigenvalue weighted by molar-refractivity contribution is -0.249. The molecule has 0 N–H and O–H groups in total. The fourth-order valence-corrected chi connectivity index (χ4v) is 3.94. The minimum atomic E-state index is -5.72. The van der Waals surface area contributed by atoms with E-state index >= 15 is 0 Å². The van der Waals surface area contributed by atoms with E-state index in [1.807, 2.05) is 36.6 Å². The third kappa shape index (κ3) is 4.21. The predicted molar refractivity (Wildman–Crippen MR) is 116 cm³/mol. The summed E-state index contributed by atoms with van der Waals surface area (Å²) in [6, 6.07) is 18.8. The molecule has 0 saturated heterocycles. The van der Waals surface area contributed by atoms with E-state index in [1.165, 1.54) is 12.3 Å². The third-order valence-corrected chi connectivity index (χ3v) is 5.95. The number of hydrazone groups is 1. The maximum atomic E-state index is 14.1. The summed E-state index contributed by atoms with van der Waals surface area (Å²) in [5.74, 6) is -4.83. The van der Waals surface area contributed by atoms with Crippen LogP contribution in [0.15, 0.2) is 82.9 Å². The predicted octanol–water partition coefficient (Wildman–Crippen LogP) is 6.98. The smallest absolute Gasteiger partial charge is 0.240 e. The molecule has 0 saturated carbocycles. The number of nitrogens with zero attached hydrogens (tertiary/aromatic N) is 3. The molecule has 2 aromatic carbocycles. The van der Waals surface area contributed by atoms with Crippen LogP contribution >= 0.6 is 11.8 Å². The van der Waals surface area contributed by atoms with Crippen LogP contribution in [0.2, 0.25) is 0 Å². The average Bonchev–Trinajstić information content (AvgIpc) is 3.25. The van der Waals surface area contributed by atoms with Crippen molar-refractivity contribution in [2.45, 2.75) is 29.5 Å². The van der Waals surface area contributed by atoms with E-state index in [9.17, 15) is 22.0 Å². The molecule has 1 unspecified atom stereocenters. The van der Waals surface area contributed by atoms with Gasteiger partial charge in [-0.1, -0.05) is 36.4 Å². The highest BCUT2D eigenvalue weighted by Crippen LogP contribution is 2.44. The van der Waals surface area contributed by atoms with E-state index in [0.29, 0.717) is 5.56 Å². The number of benzene rings is 2. The molecule has 0 aliphatic carbocycles. The first-order chi connectivity index (χ1) is 15.2. The lowest BCUT2D eigenvalue weighted by Crippen LogP contribution is -2.43. The van der Waals surface area contributed by atoms with Gasteiger partial charge in [0.15, 0.2) is 0 Å². The van der Waals surface area contributed by atoms with E-state index in [1.54, 1.807) is 42.1 Å². The standard InChI is InChI=1S/C23H18F5N3S/c1-32-18-10-8-15(9-11-18)16-5-4-6-17(13-16)19-14-20(22(24,25)23(26,27)28)30-31(19)21-7-2-3-12-29-21/h2-13,19H,14H2,1H3. The molecule has 0 amide bonds. The highest BCUT2D eigenvalue weighted by molar-refractivity contribution is 7.98. The van der Waals surface area contributed by atoms with Gasteiger partial charge in [-0.05, 0) is 53.3 Å². The summed E-state index contributed by atoms with van der Waals surface area (Å²) in [6.07, 6.45) is -2.89. The second-order valence-electron chi connectivity index (χ2n) is 7.23. The fraction of sp³-hybridized carbons (Fsp3) is 0.217. The van der Waals surface area contributed by atoms with Crippen molar-refractivity contribution >= 4 is 23.3 Å². The van der Waals surface area contributed by atoms with E-state index in [-0.39, 0.29) is 5.82 Å². The number of thioether (sulfide) groups is 1. The number of aromatic nitrogens is 1. The summed E-state index contributed by atoms with van der Waals surface area (Å²) in [6.45, 7) is 0. The van der Waals surface area contributed by atoms with Crippen LogP contribution in [0.5, 0.6) is 0 Å². The molecule has 1 aromatic heterocycles. The maximum Gasteiger partial charge on any atom is 0.459 e. The van der Waals surface area contributed by atoms with Crippen LogP contribution in [0.1, 0.15) is 18.0 Å². The maximum absolute atomic E-state index is 14.1. The van der Waals surface area contributed by atoms with Crippen molar-refractivity contribution < 1.29 is 22.0 Å². The van der Waals surface area contributed by atoms with Gasteiger partial charge in [0.2, 0.25) is 0 Å². The first kappa shape index (κ1) is 22.3. The fourth-order valence-electron chi connectivity index (χ4n) is 3.53. The Bertz CT molecular complexity index is 1110. The van der Waals surface area contributed by atoms with Crippen molar-refractivity contribution in [3.8, 4) is 11.1 Å². The van der Waals surface area contributed by atoms with Crippen LogP contribution in [-0.2, 0) is 0 Å². The lowest BCUT2D eigenvalue weighted by atomic mass is 9.95. The number of hydrogen-bond donors (Lipinski definition) is 0. The summed E-state index contributed by atoms with van der Waals surface area (Å²) in [4.78, 5) is 5.20. The highest BCUT2D eigenvalue weighted by atomic mass is 32.2. The SMILES string of the molecule is CSc1ccc(-c2cccc(C3CC(C(F)(F)C(F)(F)F)=NN3c3ccccn3)c2)cc1. The summed E-state index contributed by atoms with van der Waals surface area (Å²) >= 11 is 1.61. The monoisotopic (exact) mass is 463 g/mol. The Labute approximate surface area is 186 Å². The molecule has 0 fully saturated rings. The van der Waals surface area contributed by atoms with Crippen molar-refractivity contribution in [3.05, 3.63) is 78.5 Å². The van der Waals surface area contributed by atoms with Gasteiger partial charge in [0.25, 0.3) is 0 Å². The number of alkyl halides is 5. The van der Waals surface area contributed by atoms with Crippen molar-refractivity contribution in [2.75, 3.05) is 11.3 Å². The largest absolute Gasteiger partial charge is 0.459 e. The molecule has 0 bridgehead atoms. The molecule has 0 radical (unpaired) electrons. The Morgan fingerprint density at radius 1 is 0.906 bits per heavy atom. The van der Waals surface area contributed by atoms with Crippen LogP contribution in [0.25, 0.3) is 11.1 Å². The van der Waals surface area contributed by atoms with Crippen molar-refractivity contribution in [1.82, 2.24) is 4.98 Å². The second-order valence-corrected chi connectivity index (χ2v) is 8.10.